The molecule has 0 aliphatic carbocycles. The Balaban J connectivity index is 4.72. The Morgan fingerprint density at radius 1 is 0.667 bits per heavy atom. The number of ether oxygens (including phenoxy) is 4. The van der Waals surface area contributed by atoms with Gasteiger partial charge in [-0.25, -0.2) is 0 Å². The van der Waals surface area contributed by atoms with Crippen LogP contribution in [-0.2, 0) is 47.0 Å². The van der Waals surface area contributed by atoms with E-state index in [-0.39, 0.29) is 49.4 Å². The third-order valence-electron chi connectivity index (χ3n) is 3.01. The molecule has 0 rings (SSSR count). The van der Waals surface area contributed by atoms with Gasteiger partial charge < -0.3 is 27.8 Å². The first-order valence-electron chi connectivity index (χ1n) is 8.62. The van der Waals surface area contributed by atoms with E-state index in [1.165, 1.54) is 0 Å². The van der Waals surface area contributed by atoms with E-state index >= 15 is 0 Å². The summed E-state index contributed by atoms with van der Waals surface area (Å²) < 4.78 is 31.3. The molecular formula is C15H26O10S4Si. The van der Waals surface area contributed by atoms with Crippen LogP contribution < -0.4 is 0 Å². The van der Waals surface area contributed by atoms with Crippen LogP contribution in [0.15, 0.2) is 0 Å². The molecule has 0 N–H and O–H groups in total. The minimum absolute atomic E-state index is 0.105. The molecule has 0 aliphatic rings. The highest BCUT2D eigenvalue weighted by atomic mass is 32.1. The Morgan fingerprint density at radius 3 is 1.47 bits per heavy atom. The second kappa shape index (κ2) is 18.0. The number of carbonyl (C=O) groups excluding carboxylic acids is 4. The summed E-state index contributed by atoms with van der Waals surface area (Å²) in [6, 6.07) is 0. The van der Waals surface area contributed by atoms with Crippen molar-refractivity contribution in [2.75, 3.05) is 49.4 Å². The summed E-state index contributed by atoms with van der Waals surface area (Å²) >= 11 is 15.2. The van der Waals surface area contributed by atoms with Gasteiger partial charge in [-0.1, -0.05) is 0 Å². The van der Waals surface area contributed by atoms with Crippen molar-refractivity contribution in [3.8, 4) is 0 Å². The molecule has 0 aromatic carbocycles. The topological polar surface area (TPSA) is 124 Å². The fourth-order valence-corrected chi connectivity index (χ4v) is 3.33. The lowest BCUT2D eigenvalue weighted by Gasteiger charge is -2.23. The Morgan fingerprint density at radius 2 is 1.07 bits per heavy atom. The lowest BCUT2D eigenvalue weighted by atomic mass is 10.4. The highest BCUT2D eigenvalue weighted by molar-refractivity contribution is 7.81. The molecule has 2 atom stereocenters. The average molecular weight is 523 g/mol. The lowest BCUT2D eigenvalue weighted by Crippen LogP contribution is -2.38. The zero-order valence-corrected chi connectivity index (χ0v) is 21.0. The first kappa shape index (κ1) is 29.4. The number of carbonyl (C=O) groups is 4. The van der Waals surface area contributed by atoms with Crippen LogP contribution in [0.4, 0.5) is 0 Å². The molecule has 0 bridgehead atoms. The monoisotopic (exact) mass is 522 g/mol. The smallest absolute Gasteiger partial charge is 0.318 e. The highest BCUT2D eigenvalue weighted by Gasteiger charge is 2.22. The number of rotatable bonds is 16. The number of esters is 4. The summed E-state index contributed by atoms with van der Waals surface area (Å²) in [5, 5.41) is 0. The van der Waals surface area contributed by atoms with Gasteiger partial charge in [-0.15, -0.1) is 0 Å². The van der Waals surface area contributed by atoms with Crippen LogP contribution in [0.3, 0.4) is 0 Å². The molecular weight excluding hydrogens is 497 g/mol. The first-order valence-corrected chi connectivity index (χ1v) is 13.2. The molecule has 0 heterocycles. The van der Waals surface area contributed by atoms with E-state index in [0.29, 0.717) is 0 Å². The molecule has 0 saturated carbocycles. The van der Waals surface area contributed by atoms with Gasteiger partial charge in [0, 0.05) is 0 Å². The van der Waals surface area contributed by atoms with Gasteiger partial charge >= 0.3 is 33.2 Å². The second-order valence-electron chi connectivity index (χ2n) is 5.45. The molecule has 0 fully saturated rings. The van der Waals surface area contributed by atoms with Gasteiger partial charge in [-0.2, -0.15) is 50.5 Å². The van der Waals surface area contributed by atoms with E-state index in [1.54, 1.807) is 6.55 Å². The maximum absolute atomic E-state index is 11.5. The Hall–Kier alpha value is -0.583. The highest BCUT2D eigenvalue weighted by Crippen LogP contribution is 2.05. The van der Waals surface area contributed by atoms with E-state index in [2.05, 4.69) is 50.5 Å². The molecule has 10 nitrogen and oxygen atoms in total. The maximum Gasteiger partial charge on any atom is 0.318 e. The summed E-state index contributed by atoms with van der Waals surface area (Å²) in [5.74, 6) is -2.83. The summed E-state index contributed by atoms with van der Waals surface area (Å²) in [6.45, 7) is 1.01. The third kappa shape index (κ3) is 15.3. The van der Waals surface area contributed by atoms with Gasteiger partial charge in [-0.05, 0) is 6.55 Å². The van der Waals surface area contributed by atoms with Crippen molar-refractivity contribution < 1.29 is 47.0 Å². The van der Waals surface area contributed by atoms with Crippen LogP contribution >= 0.6 is 50.5 Å². The Kier molecular flexibility index (Phi) is 17.7. The molecule has 0 amide bonds. The summed E-state index contributed by atoms with van der Waals surface area (Å²) in [4.78, 5) is 45.3. The normalized spacial score (nSPS) is 12.7. The van der Waals surface area contributed by atoms with E-state index in [4.69, 9.17) is 27.8 Å². The fraction of sp³-hybridized carbons (Fsp3) is 0.733. The van der Waals surface area contributed by atoms with Crippen LogP contribution in [0.25, 0.3) is 0 Å². The standard InChI is InChI=1S/C15H26O10S4Si/c1-30(23-5-10(24-15(19)9-29)2-20-12(16)6-26)25-11(3-21-13(17)7-27)4-22-14(18)8-28/h10-11,26-30H,2-9H2,1H3. The maximum atomic E-state index is 11.5. The third-order valence-corrected chi connectivity index (χ3v) is 5.47. The van der Waals surface area contributed by atoms with E-state index in [0.717, 1.165) is 0 Å². The summed E-state index contributed by atoms with van der Waals surface area (Å²) in [7, 11) is -2.36. The van der Waals surface area contributed by atoms with Gasteiger partial charge in [0.1, 0.15) is 25.9 Å². The quantitative estimate of drug-likeness (QED) is 0.0913. The van der Waals surface area contributed by atoms with Gasteiger partial charge in [-0.3, -0.25) is 19.2 Å². The van der Waals surface area contributed by atoms with E-state index in [9.17, 15) is 19.2 Å². The van der Waals surface area contributed by atoms with Crippen molar-refractivity contribution in [3.63, 3.8) is 0 Å². The van der Waals surface area contributed by atoms with Gasteiger partial charge in [0.2, 0.25) is 0 Å². The molecule has 15 heteroatoms. The van der Waals surface area contributed by atoms with E-state index < -0.39 is 45.4 Å². The molecule has 0 aliphatic heterocycles. The van der Waals surface area contributed by atoms with Gasteiger partial charge in [0.15, 0.2) is 6.10 Å². The van der Waals surface area contributed by atoms with Crippen LogP contribution in [0.5, 0.6) is 0 Å². The average Bonchev–Trinajstić information content (AvgIpc) is 2.75. The molecule has 0 spiro atoms. The van der Waals surface area contributed by atoms with Crippen molar-refractivity contribution in [3.05, 3.63) is 0 Å². The molecule has 0 aromatic rings. The Bertz CT molecular complexity index is 534. The van der Waals surface area contributed by atoms with Crippen molar-refractivity contribution in [1.29, 1.82) is 0 Å². The SMILES string of the molecule is C[SiH](OCC(COC(=O)CS)OC(=O)CS)OC(COC(=O)CS)COC(=O)CS. The minimum atomic E-state index is -2.36. The zero-order chi connectivity index (χ0) is 22.9. The lowest BCUT2D eigenvalue weighted by molar-refractivity contribution is -0.157. The van der Waals surface area contributed by atoms with Crippen molar-refractivity contribution in [2.24, 2.45) is 0 Å². The fourth-order valence-electron chi connectivity index (χ4n) is 1.71. The zero-order valence-electron chi connectivity index (χ0n) is 16.3. The van der Waals surface area contributed by atoms with Crippen LogP contribution in [0.1, 0.15) is 0 Å². The predicted octanol–water partition coefficient (Wildman–Crippen LogP) is -0.501. The molecule has 174 valence electrons. The van der Waals surface area contributed by atoms with Crippen LogP contribution in [0, 0.1) is 0 Å². The molecule has 30 heavy (non-hydrogen) atoms. The Labute approximate surface area is 198 Å². The van der Waals surface area contributed by atoms with Crippen LogP contribution in [0.2, 0.25) is 6.55 Å². The molecule has 0 saturated heterocycles. The number of hydrogen-bond donors (Lipinski definition) is 4. The molecule has 0 radical (unpaired) electrons. The second-order valence-corrected chi connectivity index (χ2v) is 8.46. The minimum Gasteiger partial charge on any atom is -0.462 e. The molecule has 0 aromatic heterocycles. The van der Waals surface area contributed by atoms with Gasteiger partial charge in [0.05, 0.1) is 29.6 Å². The van der Waals surface area contributed by atoms with Crippen LogP contribution in [-0.4, -0.2) is 94.8 Å². The van der Waals surface area contributed by atoms with Crippen molar-refractivity contribution in [1.82, 2.24) is 0 Å². The largest absolute Gasteiger partial charge is 0.462 e. The number of hydrogen-bond acceptors (Lipinski definition) is 14. The number of thiol groups is 4. The van der Waals surface area contributed by atoms with Crippen molar-refractivity contribution in [2.45, 2.75) is 18.8 Å². The first-order chi connectivity index (χ1) is 14.2. The molecule has 2 unspecified atom stereocenters. The van der Waals surface area contributed by atoms with Gasteiger partial charge in [0.25, 0.3) is 0 Å². The summed E-state index contributed by atoms with van der Waals surface area (Å²) in [5.41, 5.74) is 0. The van der Waals surface area contributed by atoms with E-state index in [1.807, 2.05) is 0 Å². The van der Waals surface area contributed by atoms with Crippen molar-refractivity contribution >= 4 is 83.7 Å². The predicted molar refractivity (Wildman–Crippen MR) is 122 cm³/mol. The summed E-state index contributed by atoms with van der Waals surface area (Å²) in [6.07, 6.45) is -1.63.